The Kier molecular flexibility index (Phi) is 8.17. The van der Waals surface area contributed by atoms with E-state index in [1.807, 2.05) is 6.92 Å². The van der Waals surface area contributed by atoms with Crippen molar-refractivity contribution in [3.63, 3.8) is 0 Å². The van der Waals surface area contributed by atoms with E-state index in [0.717, 1.165) is 36.0 Å². The average molecular weight is 302 g/mol. The van der Waals surface area contributed by atoms with Gasteiger partial charge in [-0.05, 0) is 19.8 Å². The zero-order valence-corrected chi connectivity index (χ0v) is 13.0. The topological polar surface area (TPSA) is 69.7 Å². The highest BCUT2D eigenvalue weighted by Crippen LogP contribution is 2.22. The van der Waals surface area contributed by atoms with Crippen molar-refractivity contribution in [2.24, 2.45) is 0 Å². The highest BCUT2D eigenvalue weighted by atomic mass is 32.1. The van der Waals surface area contributed by atoms with Gasteiger partial charge >= 0.3 is 5.97 Å². The van der Waals surface area contributed by atoms with Crippen molar-refractivity contribution in [3.8, 4) is 0 Å². The number of rotatable bonds is 10. The fourth-order valence-electron chi connectivity index (χ4n) is 1.53. The Morgan fingerprint density at radius 1 is 1.25 bits per heavy atom. The zero-order chi connectivity index (χ0) is 14.8. The largest absolute Gasteiger partial charge is 0.464 e. The monoisotopic (exact) mass is 302 g/mol. The first kappa shape index (κ1) is 16.9. The number of anilines is 1. The molecule has 0 aliphatic rings. The van der Waals surface area contributed by atoms with E-state index < -0.39 is 5.97 Å². The maximum atomic E-state index is 11.4. The molecule has 0 unspecified atom stereocenters. The standard InChI is InChI=1S/C13H22N2O4S/c1-10-11(12(16)18-3)15-13(20-10)14-6-4-5-7-19-9-8-17-2/h4-9H2,1-3H3,(H,14,15). The van der Waals surface area contributed by atoms with Gasteiger partial charge in [-0.25, -0.2) is 9.78 Å². The van der Waals surface area contributed by atoms with E-state index in [-0.39, 0.29) is 0 Å². The lowest BCUT2D eigenvalue weighted by molar-refractivity contribution is 0.0594. The van der Waals surface area contributed by atoms with Gasteiger partial charge in [0.1, 0.15) is 0 Å². The van der Waals surface area contributed by atoms with Crippen LogP contribution in [0.1, 0.15) is 28.2 Å². The third-order valence-electron chi connectivity index (χ3n) is 2.60. The van der Waals surface area contributed by atoms with Gasteiger partial charge in [0.25, 0.3) is 0 Å². The maximum absolute atomic E-state index is 11.4. The van der Waals surface area contributed by atoms with Crippen LogP contribution in [0, 0.1) is 6.92 Å². The number of aryl methyl sites for hydroxylation is 1. The predicted molar refractivity (Wildman–Crippen MR) is 78.6 cm³/mol. The number of ether oxygens (including phenoxy) is 3. The summed E-state index contributed by atoms with van der Waals surface area (Å²) in [5.74, 6) is -0.390. The van der Waals surface area contributed by atoms with E-state index in [0.29, 0.717) is 18.9 Å². The quantitative estimate of drug-likeness (QED) is 0.527. The molecule has 1 aromatic rings. The van der Waals surface area contributed by atoms with E-state index in [1.165, 1.54) is 18.4 Å². The van der Waals surface area contributed by atoms with Crippen LogP contribution in [0.3, 0.4) is 0 Å². The minimum Gasteiger partial charge on any atom is -0.464 e. The second kappa shape index (κ2) is 9.68. The summed E-state index contributed by atoms with van der Waals surface area (Å²) in [6.07, 6.45) is 1.96. The maximum Gasteiger partial charge on any atom is 0.357 e. The fraction of sp³-hybridized carbons (Fsp3) is 0.692. The number of hydrogen-bond donors (Lipinski definition) is 1. The van der Waals surface area contributed by atoms with Crippen LogP contribution < -0.4 is 5.32 Å². The molecule has 7 heteroatoms. The molecule has 1 aromatic heterocycles. The highest BCUT2D eigenvalue weighted by molar-refractivity contribution is 7.15. The highest BCUT2D eigenvalue weighted by Gasteiger charge is 2.15. The lowest BCUT2D eigenvalue weighted by Gasteiger charge is -2.04. The van der Waals surface area contributed by atoms with Crippen molar-refractivity contribution in [1.82, 2.24) is 4.98 Å². The van der Waals surface area contributed by atoms with Gasteiger partial charge in [-0.2, -0.15) is 0 Å². The molecule has 0 saturated carbocycles. The number of aromatic nitrogens is 1. The molecule has 1 N–H and O–H groups in total. The van der Waals surface area contributed by atoms with Gasteiger partial charge in [-0.3, -0.25) is 0 Å². The molecule has 114 valence electrons. The van der Waals surface area contributed by atoms with E-state index in [9.17, 15) is 4.79 Å². The van der Waals surface area contributed by atoms with Crippen LogP contribution >= 0.6 is 11.3 Å². The van der Waals surface area contributed by atoms with Gasteiger partial charge < -0.3 is 19.5 Å². The first-order valence-corrected chi connectivity index (χ1v) is 7.37. The molecule has 0 aliphatic carbocycles. The average Bonchev–Trinajstić information content (AvgIpc) is 2.82. The van der Waals surface area contributed by atoms with E-state index in [4.69, 9.17) is 9.47 Å². The van der Waals surface area contributed by atoms with E-state index >= 15 is 0 Å². The molecular weight excluding hydrogens is 280 g/mol. The van der Waals surface area contributed by atoms with Crippen LogP contribution in [0.2, 0.25) is 0 Å². The van der Waals surface area contributed by atoms with Gasteiger partial charge in [0.15, 0.2) is 10.8 Å². The lowest BCUT2D eigenvalue weighted by atomic mass is 10.3. The van der Waals surface area contributed by atoms with Crippen molar-refractivity contribution < 1.29 is 19.0 Å². The summed E-state index contributed by atoms with van der Waals surface area (Å²) >= 11 is 1.46. The summed E-state index contributed by atoms with van der Waals surface area (Å²) in [6, 6.07) is 0. The Labute approximate surface area is 123 Å². The van der Waals surface area contributed by atoms with Crippen LogP contribution in [0.15, 0.2) is 0 Å². The molecule has 1 rings (SSSR count). The third-order valence-corrected chi connectivity index (χ3v) is 3.53. The van der Waals surface area contributed by atoms with Crippen molar-refractivity contribution in [2.45, 2.75) is 19.8 Å². The first-order chi connectivity index (χ1) is 9.69. The van der Waals surface area contributed by atoms with Gasteiger partial charge in [0.05, 0.1) is 20.3 Å². The summed E-state index contributed by atoms with van der Waals surface area (Å²) < 4.78 is 14.9. The van der Waals surface area contributed by atoms with Gasteiger partial charge in [0.2, 0.25) is 0 Å². The lowest BCUT2D eigenvalue weighted by Crippen LogP contribution is -2.07. The normalized spacial score (nSPS) is 10.6. The molecule has 0 radical (unpaired) electrons. The summed E-state index contributed by atoms with van der Waals surface area (Å²) in [5, 5.41) is 3.96. The zero-order valence-electron chi connectivity index (χ0n) is 12.2. The van der Waals surface area contributed by atoms with E-state index in [1.54, 1.807) is 7.11 Å². The number of nitrogens with one attached hydrogen (secondary N) is 1. The number of hydrogen-bond acceptors (Lipinski definition) is 7. The molecule has 0 aliphatic heterocycles. The third kappa shape index (κ3) is 5.85. The molecule has 0 bridgehead atoms. The number of nitrogens with zero attached hydrogens (tertiary/aromatic N) is 1. The summed E-state index contributed by atoms with van der Waals surface area (Å²) in [4.78, 5) is 16.5. The molecule has 0 aromatic carbocycles. The fourth-order valence-corrected chi connectivity index (χ4v) is 2.35. The minimum atomic E-state index is -0.390. The summed E-state index contributed by atoms with van der Waals surface area (Å²) in [5.41, 5.74) is 0.392. The molecule has 0 atom stereocenters. The van der Waals surface area contributed by atoms with Crippen LogP contribution in [-0.4, -0.2) is 51.5 Å². The predicted octanol–water partition coefficient (Wildman–Crippen LogP) is 2.09. The van der Waals surface area contributed by atoms with Crippen LogP contribution in [0.5, 0.6) is 0 Å². The van der Waals surface area contributed by atoms with Gasteiger partial charge in [-0.15, -0.1) is 11.3 Å². The number of thiazole rings is 1. The molecule has 0 saturated heterocycles. The minimum absolute atomic E-state index is 0.390. The smallest absolute Gasteiger partial charge is 0.357 e. The van der Waals surface area contributed by atoms with Crippen molar-refractivity contribution >= 4 is 22.4 Å². The second-order valence-corrected chi connectivity index (χ2v) is 5.36. The van der Waals surface area contributed by atoms with Gasteiger partial charge in [-0.1, -0.05) is 0 Å². The van der Waals surface area contributed by atoms with Crippen molar-refractivity contribution in [3.05, 3.63) is 10.6 Å². The molecule has 6 nitrogen and oxygen atoms in total. The molecule has 20 heavy (non-hydrogen) atoms. The number of carbonyl (C=O) groups excluding carboxylic acids is 1. The number of unbranched alkanes of at least 4 members (excludes halogenated alkanes) is 1. The number of esters is 1. The Balaban J connectivity index is 2.18. The van der Waals surface area contributed by atoms with Crippen LogP contribution in [0.25, 0.3) is 0 Å². The number of carbonyl (C=O) groups is 1. The Morgan fingerprint density at radius 3 is 2.75 bits per heavy atom. The van der Waals surface area contributed by atoms with Crippen molar-refractivity contribution in [2.75, 3.05) is 45.9 Å². The Hall–Kier alpha value is -1.18. The van der Waals surface area contributed by atoms with E-state index in [2.05, 4.69) is 15.0 Å². The molecule has 1 heterocycles. The molecule has 0 amide bonds. The SMILES string of the molecule is COCCOCCCCNc1nc(C(=O)OC)c(C)s1. The summed E-state index contributed by atoms with van der Waals surface area (Å²) in [6.45, 7) is 4.67. The molecule has 0 fully saturated rings. The first-order valence-electron chi connectivity index (χ1n) is 6.55. The van der Waals surface area contributed by atoms with Crippen LogP contribution in [-0.2, 0) is 14.2 Å². The summed E-state index contributed by atoms with van der Waals surface area (Å²) in [7, 11) is 3.02. The molecule has 0 spiro atoms. The Bertz CT molecular complexity index is 409. The second-order valence-electron chi connectivity index (χ2n) is 4.15. The Morgan fingerprint density at radius 2 is 2.05 bits per heavy atom. The van der Waals surface area contributed by atoms with Gasteiger partial charge in [0, 0.05) is 25.1 Å². The molecular formula is C13H22N2O4S. The number of methoxy groups -OCH3 is 2. The van der Waals surface area contributed by atoms with Crippen molar-refractivity contribution in [1.29, 1.82) is 0 Å². The van der Waals surface area contributed by atoms with Crippen LogP contribution in [0.4, 0.5) is 5.13 Å².